The lowest BCUT2D eigenvalue weighted by molar-refractivity contribution is 0.130. The molecule has 2 rings (SSSR count). The monoisotopic (exact) mass is 208 g/mol. The molecule has 1 aromatic heterocycles. The number of hydrogen-bond donors (Lipinski definition) is 1. The Bertz CT molecular complexity index is 320. The second-order valence-electron chi connectivity index (χ2n) is 4.31. The van der Waals surface area contributed by atoms with Crippen LogP contribution in [0.15, 0.2) is 12.5 Å². The second kappa shape index (κ2) is 4.33. The first-order valence-corrected chi connectivity index (χ1v) is 5.70. The molecule has 2 unspecified atom stereocenters. The van der Waals surface area contributed by atoms with Crippen molar-refractivity contribution in [1.82, 2.24) is 14.5 Å². The fourth-order valence-corrected chi connectivity index (χ4v) is 2.51. The molecule has 1 aliphatic heterocycles. The van der Waals surface area contributed by atoms with Crippen LogP contribution in [0.25, 0.3) is 0 Å². The number of hydrogen-bond acceptors (Lipinski definition) is 3. The second-order valence-corrected chi connectivity index (χ2v) is 4.31. The Balaban J connectivity index is 2.27. The molecule has 1 fully saturated rings. The van der Waals surface area contributed by atoms with Gasteiger partial charge in [-0.3, -0.25) is 4.90 Å². The minimum atomic E-state index is 0.245. The highest BCUT2D eigenvalue weighted by Crippen LogP contribution is 2.29. The summed E-state index contributed by atoms with van der Waals surface area (Å²) in [7, 11) is 2.04. The van der Waals surface area contributed by atoms with Crippen LogP contribution in [-0.2, 0) is 7.05 Å². The molecule has 2 N–H and O–H groups in total. The van der Waals surface area contributed by atoms with Crippen molar-refractivity contribution in [3.8, 4) is 0 Å². The number of aromatic nitrogens is 2. The number of likely N-dealkylation sites (tertiary alicyclic amines) is 1. The molecule has 1 saturated heterocycles. The van der Waals surface area contributed by atoms with Crippen molar-refractivity contribution >= 4 is 0 Å². The maximum Gasteiger partial charge on any atom is 0.0946 e. The number of aryl methyl sites for hydroxylation is 1. The minimum Gasteiger partial charge on any atom is -0.336 e. The molecule has 0 radical (unpaired) electrons. The lowest BCUT2D eigenvalue weighted by Crippen LogP contribution is -2.46. The molecule has 0 aromatic carbocycles. The molecule has 0 spiro atoms. The van der Waals surface area contributed by atoms with Gasteiger partial charge in [0.1, 0.15) is 0 Å². The van der Waals surface area contributed by atoms with Crippen molar-refractivity contribution in [2.75, 3.05) is 13.1 Å². The van der Waals surface area contributed by atoms with Gasteiger partial charge in [-0.15, -0.1) is 0 Å². The largest absolute Gasteiger partial charge is 0.336 e. The molecule has 4 nitrogen and oxygen atoms in total. The van der Waals surface area contributed by atoms with Crippen LogP contribution in [0, 0.1) is 0 Å². The first-order chi connectivity index (χ1) is 7.24. The molecule has 84 valence electrons. The van der Waals surface area contributed by atoms with Gasteiger partial charge in [0.15, 0.2) is 0 Å². The Hall–Kier alpha value is -0.870. The highest BCUT2D eigenvalue weighted by atomic mass is 15.2. The van der Waals surface area contributed by atoms with E-state index in [-0.39, 0.29) is 6.04 Å². The average molecular weight is 208 g/mol. The third kappa shape index (κ3) is 1.92. The van der Waals surface area contributed by atoms with E-state index in [0.717, 1.165) is 19.5 Å². The van der Waals surface area contributed by atoms with Crippen LogP contribution in [0.4, 0.5) is 0 Å². The van der Waals surface area contributed by atoms with E-state index in [1.807, 2.05) is 19.6 Å². The van der Waals surface area contributed by atoms with E-state index in [2.05, 4.69) is 21.4 Å². The normalized spacial score (nSPS) is 28.2. The Morgan fingerprint density at radius 2 is 2.40 bits per heavy atom. The average Bonchev–Trinajstić information content (AvgIpc) is 2.64. The van der Waals surface area contributed by atoms with Crippen LogP contribution in [0.3, 0.4) is 0 Å². The van der Waals surface area contributed by atoms with Crippen LogP contribution in [0.5, 0.6) is 0 Å². The van der Waals surface area contributed by atoms with Gasteiger partial charge in [-0.25, -0.2) is 4.98 Å². The molecule has 0 bridgehead atoms. The summed E-state index contributed by atoms with van der Waals surface area (Å²) in [6, 6.07) is 0.588. The number of nitrogens with two attached hydrogens (primary N) is 1. The van der Waals surface area contributed by atoms with Crippen molar-refractivity contribution in [2.45, 2.75) is 31.8 Å². The number of imidazole rings is 1. The summed E-state index contributed by atoms with van der Waals surface area (Å²) in [6.45, 7) is 4.41. The SMILES string of the molecule is CCN1CCCC(N)C1c1cncn1C. The molecule has 1 aliphatic rings. The maximum absolute atomic E-state index is 6.22. The standard InChI is InChI=1S/C11H20N4/c1-3-15-6-4-5-9(12)11(15)10-7-13-8-14(10)2/h7-9,11H,3-6,12H2,1-2H3. The number of rotatable bonds is 2. The zero-order valence-electron chi connectivity index (χ0n) is 9.56. The van der Waals surface area contributed by atoms with Gasteiger partial charge in [0, 0.05) is 19.3 Å². The third-order valence-corrected chi connectivity index (χ3v) is 3.34. The number of piperidine rings is 1. The van der Waals surface area contributed by atoms with Gasteiger partial charge in [0.2, 0.25) is 0 Å². The molecule has 15 heavy (non-hydrogen) atoms. The van der Waals surface area contributed by atoms with Crippen molar-refractivity contribution in [2.24, 2.45) is 12.8 Å². The summed E-state index contributed by atoms with van der Waals surface area (Å²) < 4.78 is 2.08. The predicted molar refractivity (Wildman–Crippen MR) is 60.4 cm³/mol. The zero-order valence-corrected chi connectivity index (χ0v) is 9.56. The number of nitrogens with zero attached hydrogens (tertiary/aromatic N) is 3. The molecule has 0 saturated carbocycles. The van der Waals surface area contributed by atoms with Gasteiger partial charge in [0.05, 0.1) is 18.1 Å². The molecular weight excluding hydrogens is 188 g/mol. The fraction of sp³-hybridized carbons (Fsp3) is 0.727. The Labute approximate surface area is 91.1 Å². The molecular formula is C11H20N4. The van der Waals surface area contributed by atoms with Gasteiger partial charge in [-0.2, -0.15) is 0 Å². The summed E-state index contributed by atoms with van der Waals surface area (Å²) in [5.41, 5.74) is 7.46. The van der Waals surface area contributed by atoms with Gasteiger partial charge in [-0.1, -0.05) is 6.92 Å². The quantitative estimate of drug-likeness (QED) is 0.785. The lowest BCUT2D eigenvalue weighted by Gasteiger charge is -2.39. The predicted octanol–water partition coefficient (Wildman–Crippen LogP) is 0.904. The van der Waals surface area contributed by atoms with E-state index in [0.29, 0.717) is 6.04 Å². The Morgan fingerprint density at radius 1 is 1.60 bits per heavy atom. The maximum atomic E-state index is 6.22. The first kappa shape index (κ1) is 10.6. The van der Waals surface area contributed by atoms with Gasteiger partial charge in [-0.05, 0) is 25.9 Å². The molecule has 0 aliphatic carbocycles. The van der Waals surface area contributed by atoms with Crippen LogP contribution in [0.2, 0.25) is 0 Å². The van der Waals surface area contributed by atoms with Crippen molar-refractivity contribution in [1.29, 1.82) is 0 Å². The summed E-state index contributed by atoms with van der Waals surface area (Å²) in [6.07, 6.45) is 6.12. The van der Waals surface area contributed by atoms with E-state index >= 15 is 0 Å². The van der Waals surface area contributed by atoms with E-state index in [4.69, 9.17) is 5.73 Å². The fourth-order valence-electron chi connectivity index (χ4n) is 2.51. The Morgan fingerprint density at radius 3 is 3.00 bits per heavy atom. The topological polar surface area (TPSA) is 47.1 Å². The minimum absolute atomic E-state index is 0.245. The molecule has 0 amide bonds. The summed E-state index contributed by atoms with van der Waals surface area (Å²) in [4.78, 5) is 6.63. The first-order valence-electron chi connectivity index (χ1n) is 5.70. The zero-order chi connectivity index (χ0) is 10.8. The Kier molecular flexibility index (Phi) is 3.07. The lowest BCUT2D eigenvalue weighted by atomic mass is 9.94. The molecule has 2 atom stereocenters. The van der Waals surface area contributed by atoms with Gasteiger partial charge in [0.25, 0.3) is 0 Å². The van der Waals surface area contributed by atoms with Crippen LogP contribution >= 0.6 is 0 Å². The third-order valence-electron chi connectivity index (χ3n) is 3.34. The van der Waals surface area contributed by atoms with Gasteiger partial charge < -0.3 is 10.3 Å². The highest BCUT2D eigenvalue weighted by Gasteiger charge is 2.30. The molecule has 4 heteroatoms. The van der Waals surface area contributed by atoms with Crippen molar-refractivity contribution in [3.63, 3.8) is 0 Å². The molecule has 1 aromatic rings. The van der Waals surface area contributed by atoms with E-state index in [1.54, 1.807) is 0 Å². The summed E-state index contributed by atoms with van der Waals surface area (Å²) >= 11 is 0. The van der Waals surface area contributed by atoms with Crippen LogP contribution in [-0.4, -0.2) is 33.6 Å². The summed E-state index contributed by atoms with van der Waals surface area (Å²) in [5, 5.41) is 0. The van der Waals surface area contributed by atoms with E-state index in [9.17, 15) is 0 Å². The van der Waals surface area contributed by atoms with Crippen LogP contribution in [0.1, 0.15) is 31.5 Å². The van der Waals surface area contributed by atoms with Crippen LogP contribution < -0.4 is 5.73 Å². The number of likely N-dealkylation sites (N-methyl/N-ethyl adjacent to an activating group) is 1. The smallest absolute Gasteiger partial charge is 0.0946 e. The highest BCUT2D eigenvalue weighted by molar-refractivity contribution is 5.10. The summed E-state index contributed by atoms with van der Waals surface area (Å²) in [5.74, 6) is 0. The molecule has 2 heterocycles. The van der Waals surface area contributed by atoms with Crippen molar-refractivity contribution in [3.05, 3.63) is 18.2 Å². The van der Waals surface area contributed by atoms with E-state index in [1.165, 1.54) is 12.1 Å². The van der Waals surface area contributed by atoms with Crippen molar-refractivity contribution < 1.29 is 0 Å². The van der Waals surface area contributed by atoms with E-state index < -0.39 is 0 Å². The van der Waals surface area contributed by atoms with Gasteiger partial charge >= 0.3 is 0 Å².